The number of carbonyl (C=O) groups excluding carboxylic acids is 2. The van der Waals surface area contributed by atoms with Gasteiger partial charge in [-0.15, -0.1) is 0 Å². The van der Waals surface area contributed by atoms with Crippen LogP contribution >= 0.6 is 23.4 Å². The van der Waals surface area contributed by atoms with Gasteiger partial charge >= 0.3 is 0 Å². The Balaban J connectivity index is 1.57. The van der Waals surface area contributed by atoms with Crippen molar-refractivity contribution < 1.29 is 23.9 Å². The fraction of sp³-hybridized carbons (Fsp3) is 0.0476. The number of imide groups is 1. The van der Waals surface area contributed by atoms with Crippen molar-refractivity contribution in [2.45, 2.75) is 6.54 Å². The predicted octanol–water partition coefficient (Wildman–Crippen LogP) is 5.65. The molecule has 1 aliphatic rings. The van der Waals surface area contributed by atoms with E-state index in [-0.39, 0.29) is 44.9 Å². The molecular weight excluding hydrogens is 474 g/mol. The fourth-order valence-electron chi connectivity index (χ4n) is 3.16. The minimum atomic E-state index is -0.581. The summed E-state index contributed by atoms with van der Waals surface area (Å²) in [7, 11) is 0. The van der Waals surface area contributed by atoms with Crippen molar-refractivity contribution in [3.05, 3.63) is 96.1 Å². The molecular formula is C21H12ClN3O7S. The number of hydrogen-bond donors (Lipinski definition) is 0. The highest BCUT2D eigenvalue weighted by Gasteiger charge is 2.35. The average Bonchev–Trinajstić information content (AvgIpc) is 3.34. The fourth-order valence-corrected chi connectivity index (χ4v) is 4.14. The summed E-state index contributed by atoms with van der Waals surface area (Å²) in [6, 6.07) is 12.8. The van der Waals surface area contributed by atoms with Gasteiger partial charge in [-0.3, -0.25) is 34.7 Å². The van der Waals surface area contributed by atoms with Gasteiger partial charge < -0.3 is 4.42 Å². The summed E-state index contributed by atoms with van der Waals surface area (Å²) in [5.41, 5.74) is 0.265. The summed E-state index contributed by atoms with van der Waals surface area (Å²) in [5.74, 6) is -0.164. The maximum Gasteiger partial charge on any atom is 0.293 e. The van der Waals surface area contributed by atoms with E-state index in [0.717, 1.165) is 4.90 Å². The van der Waals surface area contributed by atoms with Gasteiger partial charge in [0.15, 0.2) is 0 Å². The Morgan fingerprint density at radius 2 is 1.82 bits per heavy atom. The number of carbonyl (C=O) groups is 2. The summed E-state index contributed by atoms with van der Waals surface area (Å²) in [6.07, 6.45) is 1.36. The number of nitro benzene ring substituents is 2. The molecule has 0 spiro atoms. The Morgan fingerprint density at radius 3 is 2.55 bits per heavy atom. The number of benzene rings is 2. The molecule has 33 heavy (non-hydrogen) atoms. The number of hydrogen-bond acceptors (Lipinski definition) is 8. The van der Waals surface area contributed by atoms with Gasteiger partial charge in [0, 0.05) is 29.3 Å². The molecule has 0 radical (unpaired) electrons. The maximum atomic E-state index is 12.7. The van der Waals surface area contributed by atoms with Gasteiger partial charge in [-0.25, -0.2) is 0 Å². The van der Waals surface area contributed by atoms with Gasteiger partial charge in [0.25, 0.3) is 22.5 Å². The van der Waals surface area contributed by atoms with Crippen LogP contribution in [0.1, 0.15) is 11.3 Å². The highest BCUT2D eigenvalue weighted by Crippen LogP contribution is 2.36. The lowest BCUT2D eigenvalue weighted by molar-refractivity contribution is -0.385. The summed E-state index contributed by atoms with van der Waals surface area (Å²) < 4.78 is 5.65. The first kappa shape index (κ1) is 22.2. The largest absolute Gasteiger partial charge is 0.456 e. The van der Waals surface area contributed by atoms with Crippen molar-refractivity contribution in [3.8, 4) is 11.3 Å². The second-order valence-electron chi connectivity index (χ2n) is 6.82. The number of nitrogens with zero attached hydrogens (tertiary/aromatic N) is 3. The summed E-state index contributed by atoms with van der Waals surface area (Å²) in [4.78, 5) is 47.3. The molecule has 4 rings (SSSR count). The van der Waals surface area contributed by atoms with Crippen LogP contribution in [0.4, 0.5) is 16.2 Å². The van der Waals surface area contributed by atoms with E-state index in [4.69, 9.17) is 16.0 Å². The average molecular weight is 486 g/mol. The van der Waals surface area contributed by atoms with E-state index >= 15 is 0 Å². The third-order valence-corrected chi connectivity index (χ3v) is 5.80. The highest BCUT2D eigenvalue weighted by molar-refractivity contribution is 8.18. The van der Waals surface area contributed by atoms with Crippen molar-refractivity contribution in [1.82, 2.24) is 4.90 Å². The number of nitro groups is 2. The van der Waals surface area contributed by atoms with Crippen molar-refractivity contribution in [2.75, 3.05) is 0 Å². The molecule has 1 fully saturated rings. The first-order valence-corrected chi connectivity index (χ1v) is 10.5. The van der Waals surface area contributed by atoms with Crippen LogP contribution in [0.2, 0.25) is 5.02 Å². The molecule has 2 heterocycles. The Hall–Kier alpha value is -3.96. The van der Waals surface area contributed by atoms with Gasteiger partial charge in [0.2, 0.25) is 0 Å². The zero-order valence-corrected chi connectivity index (χ0v) is 18.0. The number of halogens is 1. The molecule has 1 aromatic heterocycles. The topological polar surface area (TPSA) is 137 Å². The van der Waals surface area contributed by atoms with E-state index < -0.39 is 21.0 Å². The van der Waals surface area contributed by atoms with E-state index in [1.165, 1.54) is 54.6 Å². The summed E-state index contributed by atoms with van der Waals surface area (Å²) in [6.45, 7) is -0.121. The summed E-state index contributed by atoms with van der Waals surface area (Å²) in [5, 5.41) is 21.9. The zero-order valence-electron chi connectivity index (χ0n) is 16.5. The van der Waals surface area contributed by atoms with E-state index in [1.54, 1.807) is 6.07 Å². The molecule has 3 aromatic rings. The molecule has 10 nitrogen and oxygen atoms in total. The third-order valence-electron chi connectivity index (χ3n) is 4.66. The first-order chi connectivity index (χ1) is 15.7. The lowest BCUT2D eigenvalue weighted by Crippen LogP contribution is -2.27. The molecule has 1 saturated heterocycles. The standard InChI is InChI=1S/C21H12ClN3O7S/c22-13-4-6-16(17(9-13)25(30)31)18-7-5-15(32-18)10-19-20(26)23(21(27)33-19)11-12-2-1-3-14(8-12)24(28)29/h1-10H,11H2/b19-10+. The van der Waals surface area contributed by atoms with E-state index in [1.807, 2.05) is 0 Å². The van der Waals surface area contributed by atoms with E-state index in [9.17, 15) is 29.8 Å². The van der Waals surface area contributed by atoms with Gasteiger partial charge in [0.1, 0.15) is 11.5 Å². The molecule has 2 aromatic carbocycles. The van der Waals surface area contributed by atoms with Crippen LogP contribution in [-0.2, 0) is 11.3 Å². The maximum absolute atomic E-state index is 12.7. The van der Waals surface area contributed by atoms with Crippen LogP contribution in [0.15, 0.2) is 63.9 Å². The zero-order chi connectivity index (χ0) is 23.7. The van der Waals surface area contributed by atoms with Crippen molar-refractivity contribution >= 4 is 52.0 Å². The van der Waals surface area contributed by atoms with Gasteiger partial charge in [-0.1, -0.05) is 23.7 Å². The molecule has 0 unspecified atom stereocenters. The number of thioether (sulfide) groups is 1. The Kier molecular flexibility index (Phi) is 5.99. The quantitative estimate of drug-likeness (QED) is 0.248. The Labute approximate surface area is 194 Å². The normalized spacial score (nSPS) is 14.8. The smallest absolute Gasteiger partial charge is 0.293 e. The lowest BCUT2D eigenvalue weighted by Gasteiger charge is -2.12. The van der Waals surface area contributed by atoms with Crippen LogP contribution in [0, 0.1) is 20.2 Å². The van der Waals surface area contributed by atoms with Crippen LogP contribution in [0.25, 0.3) is 17.4 Å². The molecule has 0 bridgehead atoms. The molecule has 0 saturated carbocycles. The first-order valence-electron chi connectivity index (χ1n) is 9.26. The SMILES string of the molecule is O=C1S/C(=C/c2ccc(-c3ccc(Cl)cc3[N+](=O)[O-])o2)C(=O)N1Cc1cccc([N+](=O)[O-])c1. The van der Waals surface area contributed by atoms with Crippen molar-refractivity contribution in [1.29, 1.82) is 0 Å². The molecule has 2 amide bonds. The van der Waals surface area contributed by atoms with Gasteiger partial charge in [-0.2, -0.15) is 0 Å². The lowest BCUT2D eigenvalue weighted by atomic mass is 10.1. The summed E-state index contributed by atoms with van der Waals surface area (Å²) >= 11 is 6.54. The molecule has 0 N–H and O–H groups in total. The van der Waals surface area contributed by atoms with Crippen LogP contribution in [-0.4, -0.2) is 25.9 Å². The van der Waals surface area contributed by atoms with Crippen LogP contribution < -0.4 is 0 Å². The highest BCUT2D eigenvalue weighted by atomic mass is 35.5. The molecule has 12 heteroatoms. The third kappa shape index (κ3) is 4.64. The van der Waals surface area contributed by atoms with Crippen molar-refractivity contribution in [3.63, 3.8) is 0 Å². The Morgan fingerprint density at radius 1 is 1.03 bits per heavy atom. The van der Waals surface area contributed by atoms with E-state index in [0.29, 0.717) is 17.3 Å². The van der Waals surface area contributed by atoms with E-state index in [2.05, 4.69) is 0 Å². The molecule has 166 valence electrons. The van der Waals surface area contributed by atoms with Gasteiger partial charge in [-0.05, 0) is 41.6 Å². The predicted molar refractivity (Wildman–Crippen MR) is 120 cm³/mol. The second kappa shape index (κ2) is 8.88. The number of non-ortho nitro benzene ring substituents is 1. The van der Waals surface area contributed by atoms with Gasteiger partial charge in [0.05, 0.1) is 26.9 Å². The number of furan rings is 1. The molecule has 1 aliphatic heterocycles. The second-order valence-corrected chi connectivity index (χ2v) is 8.25. The van der Waals surface area contributed by atoms with Crippen molar-refractivity contribution in [2.24, 2.45) is 0 Å². The Bertz CT molecular complexity index is 1350. The minimum Gasteiger partial charge on any atom is -0.456 e. The number of amides is 2. The number of rotatable bonds is 6. The monoisotopic (exact) mass is 485 g/mol. The molecule has 0 atom stereocenters. The minimum absolute atomic E-state index is 0.0944. The van der Waals surface area contributed by atoms with Crippen LogP contribution in [0.5, 0.6) is 0 Å². The molecule has 0 aliphatic carbocycles. The van der Waals surface area contributed by atoms with Crippen LogP contribution in [0.3, 0.4) is 0 Å².